The van der Waals surface area contributed by atoms with Crippen LogP contribution in [0.4, 0.5) is 5.69 Å². The van der Waals surface area contributed by atoms with E-state index < -0.39 is 10.0 Å². The zero-order valence-electron chi connectivity index (χ0n) is 18.1. The summed E-state index contributed by atoms with van der Waals surface area (Å²) in [7, 11) is -3.83. The van der Waals surface area contributed by atoms with Gasteiger partial charge in [0, 0.05) is 0 Å². The summed E-state index contributed by atoms with van der Waals surface area (Å²) < 4.78 is 29.1. The van der Waals surface area contributed by atoms with E-state index in [1.807, 2.05) is 32.0 Å². The summed E-state index contributed by atoms with van der Waals surface area (Å²) >= 11 is 0. The van der Waals surface area contributed by atoms with Crippen molar-refractivity contribution < 1.29 is 18.0 Å². The van der Waals surface area contributed by atoms with Gasteiger partial charge in [0.1, 0.15) is 0 Å². The number of para-hydroxylation sites is 1. The van der Waals surface area contributed by atoms with Gasteiger partial charge in [0.25, 0.3) is 10.0 Å². The Morgan fingerprint density at radius 1 is 0.903 bits per heavy atom. The molecule has 2 atom stereocenters. The van der Waals surface area contributed by atoms with Crippen LogP contribution < -0.4 is 4.72 Å². The molecule has 0 aromatic heterocycles. The van der Waals surface area contributed by atoms with Gasteiger partial charge < -0.3 is 0 Å². The fraction of sp³-hybridized carbons (Fsp3) is 0.417. The molecule has 0 bridgehead atoms. The molecule has 6 nitrogen and oxygen atoms in total. The molecule has 2 fully saturated rings. The highest BCUT2D eigenvalue weighted by molar-refractivity contribution is 7.92. The summed E-state index contributed by atoms with van der Waals surface area (Å²) in [4.78, 5) is 27.1. The maximum Gasteiger partial charge on any atom is 0.262 e. The summed E-state index contributed by atoms with van der Waals surface area (Å²) in [5.74, 6) is -0.650. The number of carbonyl (C=O) groups is 2. The quantitative estimate of drug-likeness (QED) is 0.710. The topological polar surface area (TPSA) is 83.6 Å². The molecule has 31 heavy (non-hydrogen) atoms. The van der Waals surface area contributed by atoms with Gasteiger partial charge in [-0.1, -0.05) is 43.2 Å². The molecule has 0 radical (unpaired) electrons. The molecule has 1 saturated carbocycles. The number of amides is 2. The average Bonchev–Trinajstić information content (AvgIpc) is 2.97. The minimum atomic E-state index is -3.83. The number of anilines is 1. The lowest BCUT2D eigenvalue weighted by atomic mass is 9.81. The second-order valence-electron chi connectivity index (χ2n) is 8.73. The van der Waals surface area contributed by atoms with E-state index >= 15 is 0 Å². The number of nitrogens with zero attached hydrogens (tertiary/aromatic N) is 1. The SMILES string of the molecule is Cc1ccc(CN2C(=O)[C@H]3CCCC[C@@H]3C2=O)cc1S(=O)(=O)Nc1c(C)cccc1C. The molecule has 1 aliphatic heterocycles. The Kier molecular flexibility index (Phi) is 5.64. The molecule has 0 spiro atoms. The van der Waals surface area contributed by atoms with Crippen molar-refractivity contribution in [2.75, 3.05) is 4.72 Å². The molecule has 164 valence electrons. The highest BCUT2D eigenvalue weighted by atomic mass is 32.2. The molecule has 1 heterocycles. The number of sulfonamides is 1. The van der Waals surface area contributed by atoms with E-state index in [4.69, 9.17) is 0 Å². The van der Waals surface area contributed by atoms with Gasteiger partial charge in [-0.15, -0.1) is 0 Å². The predicted octanol–water partition coefficient (Wildman–Crippen LogP) is 4.09. The first-order chi connectivity index (χ1) is 14.7. The normalized spacial score (nSPS) is 21.3. The summed E-state index contributed by atoms with van der Waals surface area (Å²) in [6, 6.07) is 10.7. The Labute approximate surface area is 183 Å². The molecule has 4 rings (SSSR count). The summed E-state index contributed by atoms with van der Waals surface area (Å²) in [6.07, 6.45) is 3.48. The fourth-order valence-corrected chi connectivity index (χ4v) is 6.27. The lowest BCUT2D eigenvalue weighted by molar-refractivity contribution is -0.140. The van der Waals surface area contributed by atoms with Crippen LogP contribution in [0.5, 0.6) is 0 Å². The van der Waals surface area contributed by atoms with Gasteiger partial charge in [0.05, 0.1) is 29.0 Å². The van der Waals surface area contributed by atoms with Crippen molar-refractivity contribution >= 4 is 27.5 Å². The largest absolute Gasteiger partial charge is 0.279 e. The number of hydrogen-bond acceptors (Lipinski definition) is 4. The van der Waals surface area contributed by atoms with Crippen molar-refractivity contribution in [1.82, 2.24) is 4.90 Å². The Balaban J connectivity index is 1.61. The van der Waals surface area contributed by atoms with Crippen molar-refractivity contribution in [3.8, 4) is 0 Å². The molecular formula is C24H28N2O4S. The van der Waals surface area contributed by atoms with E-state index in [-0.39, 0.29) is 35.1 Å². The van der Waals surface area contributed by atoms with E-state index in [1.54, 1.807) is 25.1 Å². The lowest BCUT2D eigenvalue weighted by Crippen LogP contribution is -2.30. The fourth-order valence-electron chi connectivity index (χ4n) is 4.77. The van der Waals surface area contributed by atoms with Crippen molar-refractivity contribution in [1.29, 1.82) is 0 Å². The molecule has 1 saturated heterocycles. The van der Waals surface area contributed by atoms with Crippen LogP contribution in [-0.2, 0) is 26.2 Å². The van der Waals surface area contributed by atoms with E-state index in [1.165, 1.54) is 4.90 Å². The van der Waals surface area contributed by atoms with E-state index in [2.05, 4.69) is 4.72 Å². The number of benzene rings is 2. The van der Waals surface area contributed by atoms with Gasteiger partial charge in [-0.05, 0) is 61.9 Å². The molecule has 0 unspecified atom stereocenters. The lowest BCUT2D eigenvalue weighted by Gasteiger charge is -2.19. The average molecular weight is 441 g/mol. The van der Waals surface area contributed by atoms with Crippen LogP contribution in [0.2, 0.25) is 0 Å². The smallest absolute Gasteiger partial charge is 0.262 e. The first kappa shape index (κ1) is 21.6. The monoisotopic (exact) mass is 440 g/mol. The van der Waals surface area contributed by atoms with Crippen LogP contribution in [0, 0.1) is 32.6 Å². The van der Waals surface area contributed by atoms with Crippen molar-refractivity contribution in [3.63, 3.8) is 0 Å². The van der Waals surface area contributed by atoms with Crippen molar-refractivity contribution in [3.05, 3.63) is 58.7 Å². The number of nitrogens with one attached hydrogen (secondary N) is 1. The second kappa shape index (κ2) is 8.11. The molecule has 2 aliphatic rings. The van der Waals surface area contributed by atoms with E-state index in [0.29, 0.717) is 16.8 Å². The Morgan fingerprint density at radius 2 is 1.48 bits per heavy atom. The minimum Gasteiger partial charge on any atom is -0.279 e. The summed E-state index contributed by atoms with van der Waals surface area (Å²) in [5, 5.41) is 0. The van der Waals surface area contributed by atoms with Crippen LogP contribution in [0.25, 0.3) is 0 Å². The maximum absolute atomic E-state index is 13.2. The zero-order chi connectivity index (χ0) is 22.3. The molecule has 2 amide bonds. The van der Waals surface area contributed by atoms with Gasteiger partial charge in [-0.25, -0.2) is 8.42 Å². The number of rotatable bonds is 5. The molecule has 2 aromatic carbocycles. The Bertz CT molecular complexity index is 1110. The third-order valence-corrected chi connectivity index (χ3v) is 8.02. The van der Waals surface area contributed by atoms with Crippen LogP contribution in [0.1, 0.15) is 47.9 Å². The van der Waals surface area contributed by atoms with Crippen LogP contribution in [0.15, 0.2) is 41.3 Å². The number of aryl methyl sites for hydroxylation is 3. The van der Waals surface area contributed by atoms with Gasteiger partial charge in [-0.2, -0.15) is 0 Å². The number of hydrogen-bond donors (Lipinski definition) is 1. The van der Waals surface area contributed by atoms with Crippen molar-refractivity contribution in [2.24, 2.45) is 11.8 Å². The number of likely N-dealkylation sites (tertiary alicyclic amines) is 1. The Morgan fingerprint density at radius 3 is 2.06 bits per heavy atom. The molecule has 1 aliphatic carbocycles. The minimum absolute atomic E-state index is 0.108. The Hall–Kier alpha value is -2.67. The summed E-state index contributed by atoms with van der Waals surface area (Å²) in [6.45, 7) is 5.57. The van der Waals surface area contributed by atoms with E-state index in [9.17, 15) is 18.0 Å². The first-order valence-corrected chi connectivity index (χ1v) is 12.2. The highest BCUT2D eigenvalue weighted by Gasteiger charge is 2.47. The third-order valence-electron chi connectivity index (χ3n) is 6.53. The van der Waals surface area contributed by atoms with Gasteiger partial charge in [-0.3, -0.25) is 19.2 Å². The summed E-state index contributed by atoms with van der Waals surface area (Å²) in [5.41, 5.74) is 3.49. The highest BCUT2D eigenvalue weighted by Crippen LogP contribution is 2.38. The van der Waals surface area contributed by atoms with Gasteiger partial charge >= 0.3 is 0 Å². The third kappa shape index (κ3) is 3.99. The first-order valence-electron chi connectivity index (χ1n) is 10.7. The maximum atomic E-state index is 13.2. The molecule has 2 aromatic rings. The predicted molar refractivity (Wildman–Crippen MR) is 119 cm³/mol. The van der Waals surface area contributed by atoms with E-state index in [0.717, 1.165) is 36.8 Å². The molecule has 1 N–H and O–H groups in total. The van der Waals surface area contributed by atoms with Gasteiger partial charge in [0.2, 0.25) is 11.8 Å². The van der Waals surface area contributed by atoms with Crippen molar-refractivity contribution in [2.45, 2.75) is 57.9 Å². The number of fused-ring (bicyclic) bond motifs is 1. The number of carbonyl (C=O) groups excluding carboxylic acids is 2. The van der Waals surface area contributed by atoms with Crippen LogP contribution >= 0.6 is 0 Å². The molecular weight excluding hydrogens is 412 g/mol. The van der Waals surface area contributed by atoms with Crippen LogP contribution in [-0.4, -0.2) is 25.1 Å². The van der Waals surface area contributed by atoms with Gasteiger partial charge in [0.15, 0.2) is 0 Å². The standard InChI is InChI=1S/C24H28N2O4S/c1-15-11-12-18(14-26-23(27)19-9-4-5-10-20(19)24(26)28)13-21(15)31(29,30)25-22-16(2)7-6-8-17(22)3/h6-8,11-13,19-20,25H,4-5,9-10,14H2,1-3H3/t19-,20-/m0/s1. The number of imide groups is 1. The molecule has 7 heteroatoms. The van der Waals surface area contributed by atoms with Crippen LogP contribution in [0.3, 0.4) is 0 Å². The second-order valence-corrected chi connectivity index (χ2v) is 10.4. The zero-order valence-corrected chi connectivity index (χ0v) is 19.0.